The van der Waals surface area contributed by atoms with Crippen molar-refractivity contribution in [3.05, 3.63) is 95.6 Å². The Morgan fingerprint density at radius 2 is 1.45 bits per heavy atom. The molecule has 0 bridgehead atoms. The quantitative estimate of drug-likeness (QED) is 0.601. The van der Waals surface area contributed by atoms with Gasteiger partial charge < -0.3 is 4.90 Å². The molecule has 150 valence electrons. The van der Waals surface area contributed by atoms with Gasteiger partial charge in [0, 0.05) is 25.3 Å². The molecule has 1 unspecified atom stereocenters. The molecule has 3 rings (SSSR count). The fourth-order valence-corrected chi connectivity index (χ4v) is 4.13. The van der Waals surface area contributed by atoms with Crippen molar-refractivity contribution >= 4 is 21.5 Å². The number of carbonyl (C=O) groups is 1. The van der Waals surface area contributed by atoms with Gasteiger partial charge in [-0.15, -0.1) is 0 Å². The van der Waals surface area contributed by atoms with E-state index in [1.54, 1.807) is 48.5 Å². The molecule has 3 aromatic carbocycles. The highest BCUT2D eigenvalue weighted by atomic mass is 32.2. The summed E-state index contributed by atoms with van der Waals surface area (Å²) in [6.07, 6.45) is 0. The van der Waals surface area contributed by atoms with Crippen LogP contribution in [0.25, 0.3) is 0 Å². The number of benzene rings is 3. The first-order chi connectivity index (χ1) is 13.8. The van der Waals surface area contributed by atoms with E-state index in [2.05, 4.69) is 4.72 Å². The number of ketones is 1. The summed E-state index contributed by atoms with van der Waals surface area (Å²) < 4.78 is 28.5. The van der Waals surface area contributed by atoms with E-state index < -0.39 is 16.1 Å². The topological polar surface area (TPSA) is 66.5 Å². The lowest BCUT2D eigenvalue weighted by Gasteiger charge is -2.20. The number of anilines is 1. The predicted octanol–water partition coefficient (Wildman–Crippen LogP) is 3.96. The third-order valence-corrected chi connectivity index (χ3v) is 6.11. The Kier molecular flexibility index (Phi) is 6.15. The van der Waals surface area contributed by atoms with Gasteiger partial charge in [-0.05, 0) is 36.8 Å². The minimum Gasteiger partial charge on any atom is -0.378 e. The number of nitrogens with one attached hydrogen (secondary N) is 1. The van der Waals surface area contributed by atoms with Gasteiger partial charge in [0.25, 0.3) is 0 Å². The zero-order chi connectivity index (χ0) is 21.0. The first-order valence-electron chi connectivity index (χ1n) is 9.23. The molecule has 0 amide bonds. The lowest BCUT2D eigenvalue weighted by Crippen LogP contribution is -2.34. The normalized spacial score (nSPS) is 12.4. The molecule has 1 atom stereocenters. The SMILES string of the molecule is Cc1ccc(S(=O)(=O)NC(C(=O)c2ccccc2)c2ccc(N(C)C)cc2)cc1. The second-order valence-corrected chi connectivity index (χ2v) is 8.80. The Morgan fingerprint density at radius 1 is 0.862 bits per heavy atom. The number of hydrogen-bond acceptors (Lipinski definition) is 4. The maximum absolute atomic E-state index is 13.2. The molecule has 0 fully saturated rings. The Labute approximate surface area is 172 Å². The Balaban J connectivity index is 2.00. The fourth-order valence-electron chi connectivity index (χ4n) is 2.95. The molecule has 0 radical (unpaired) electrons. The number of rotatable bonds is 7. The highest BCUT2D eigenvalue weighted by Gasteiger charge is 2.28. The van der Waals surface area contributed by atoms with Crippen molar-refractivity contribution in [3.8, 4) is 0 Å². The summed E-state index contributed by atoms with van der Waals surface area (Å²) in [5, 5.41) is 0. The van der Waals surface area contributed by atoms with Gasteiger partial charge in [0.15, 0.2) is 5.78 Å². The van der Waals surface area contributed by atoms with E-state index in [9.17, 15) is 13.2 Å². The van der Waals surface area contributed by atoms with Crippen LogP contribution in [0.2, 0.25) is 0 Å². The summed E-state index contributed by atoms with van der Waals surface area (Å²) in [5.74, 6) is -0.307. The van der Waals surface area contributed by atoms with Crippen LogP contribution >= 0.6 is 0 Å². The van der Waals surface area contributed by atoms with Gasteiger partial charge in [-0.2, -0.15) is 4.72 Å². The number of Topliss-reactive ketones (excluding diaryl/α,β-unsaturated/α-hetero) is 1. The van der Waals surface area contributed by atoms with Gasteiger partial charge in [0.05, 0.1) is 4.90 Å². The van der Waals surface area contributed by atoms with Crippen molar-refractivity contribution in [2.24, 2.45) is 0 Å². The molecule has 0 saturated heterocycles. The van der Waals surface area contributed by atoms with Crippen molar-refractivity contribution in [3.63, 3.8) is 0 Å². The molecular formula is C23H24N2O3S. The molecule has 0 aromatic heterocycles. The molecule has 0 aliphatic heterocycles. The molecule has 6 heteroatoms. The van der Waals surface area contributed by atoms with E-state index >= 15 is 0 Å². The van der Waals surface area contributed by atoms with Crippen LogP contribution < -0.4 is 9.62 Å². The molecule has 0 aliphatic rings. The van der Waals surface area contributed by atoms with E-state index in [0.717, 1.165) is 11.3 Å². The molecular weight excluding hydrogens is 384 g/mol. The summed E-state index contributed by atoms with van der Waals surface area (Å²) in [6.45, 7) is 1.89. The van der Waals surface area contributed by atoms with Gasteiger partial charge in [-0.1, -0.05) is 60.2 Å². The maximum atomic E-state index is 13.2. The van der Waals surface area contributed by atoms with E-state index in [-0.39, 0.29) is 10.7 Å². The third kappa shape index (κ3) is 4.91. The van der Waals surface area contributed by atoms with Gasteiger partial charge in [-0.3, -0.25) is 4.79 Å². The Bertz CT molecular complexity index is 1080. The molecule has 29 heavy (non-hydrogen) atoms. The Morgan fingerprint density at radius 3 is 2.00 bits per heavy atom. The molecule has 0 aliphatic carbocycles. The van der Waals surface area contributed by atoms with Crippen LogP contribution in [0, 0.1) is 6.92 Å². The largest absolute Gasteiger partial charge is 0.378 e. The van der Waals surface area contributed by atoms with Crippen molar-refractivity contribution in [1.29, 1.82) is 0 Å². The standard InChI is InChI=1S/C23H24N2O3S/c1-17-9-15-21(16-10-17)29(27,28)24-22(23(26)19-7-5-4-6-8-19)18-11-13-20(14-12-18)25(2)3/h4-16,22,24H,1-3H3. The average Bonchev–Trinajstić information content (AvgIpc) is 2.72. The third-order valence-electron chi connectivity index (χ3n) is 4.67. The van der Waals surface area contributed by atoms with Crippen LogP contribution in [0.3, 0.4) is 0 Å². The molecule has 0 spiro atoms. The minimum atomic E-state index is -3.89. The highest BCUT2D eigenvalue weighted by molar-refractivity contribution is 7.89. The van der Waals surface area contributed by atoms with Gasteiger partial charge in [-0.25, -0.2) is 8.42 Å². The van der Waals surface area contributed by atoms with E-state index in [4.69, 9.17) is 0 Å². The van der Waals surface area contributed by atoms with Crippen LogP contribution in [-0.4, -0.2) is 28.3 Å². The van der Waals surface area contributed by atoms with Gasteiger partial charge in [0.2, 0.25) is 10.0 Å². The summed E-state index contributed by atoms with van der Waals surface area (Å²) in [7, 11) is -0.0484. The first kappa shape index (κ1) is 20.8. The average molecular weight is 409 g/mol. The van der Waals surface area contributed by atoms with Gasteiger partial charge >= 0.3 is 0 Å². The summed E-state index contributed by atoms with van der Waals surface area (Å²) in [5.41, 5.74) is 2.95. The molecule has 1 N–H and O–H groups in total. The fraction of sp³-hybridized carbons (Fsp3) is 0.174. The Hall–Kier alpha value is -2.96. The lowest BCUT2D eigenvalue weighted by atomic mass is 9.98. The van der Waals surface area contributed by atoms with Crippen molar-refractivity contribution in [1.82, 2.24) is 4.72 Å². The maximum Gasteiger partial charge on any atom is 0.241 e. The molecule has 0 heterocycles. The summed E-state index contributed by atoms with van der Waals surface area (Å²) in [4.78, 5) is 15.3. The number of carbonyl (C=O) groups excluding carboxylic acids is 1. The zero-order valence-electron chi connectivity index (χ0n) is 16.7. The van der Waals surface area contributed by atoms with Crippen molar-refractivity contribution < 1.29 is 13.2 Å². The highest BCUT2D eigenvalue weighted by Crippen LogP contribution is 2.24. The van der Waals surface area contributed by atoms with Crippen molar-refractivity contribution in [2.75, 3.05) is 19.0 Å². The van der Waals surface area contributed by atoms with Crippen LogP contribution in [-0.2, 0) is 10.0 Å². The monoisotopic (exact) mass is 408 g/mol. The number of sulfonamides is 1. The first-order valence-corrected chi connectivity index (χ1v) is 10.7. The zero-order valence-corrected chi connectivity index (χ0v) is 17.5. The van der Waals surface area contributed by atoms with Crippen LogP contribution in [0.5, 0.6) is 0 Å². The van der Waals surface area contributed by atoms with Gasteiger partial charge in [0.1, 0.15) is 6.04 Å². The van der Waals surface area contributed by atoms with Crippen LogP contribution in [0.15, 0.2) is 83.8 Å². The summed E-state index contributed by atoms with van der Waals surface area (Å²) in [6, 6.07) is 21.5. The van der Waals surface area contributed by atoms with Crippen LogP contribution in [0.1, 0.15) is 27.5 Å². The molecule has 0 saturated carbocycles. The van der Waals surface area contributed by atoms with E-state index in [1.807, 2.05) is 44.1 Å². The van der Waals surface area contributed by atoms with Crippen molar-refractivity contribution in [2.45, 2.75) is 17.9 Å². The number of hydrogen-bond donors (Lipinski definition) is 1. The smallest absolute Gasteiger partial charge is 0.241 e. The molecule has 5 nitrogen and oxygen atoms in total. The number of nitrogens with zero attached hydrogens (tertiary/aromatic N) is 1. The number of aryl methyl sites for hydroxylation is 1. The lowest BCUT2D eigenvalue weighted by molar-refractivity contribution is 0.0953. The van der Waals surface area contributed by atoms with Crippen LogP contribution in [0.4, 0.5) is 5.69 Å². The molecule has 3 aromatic rings. The minimum absolute atomic E-state index is 0.124. The second kappa shape index (κ2) is 8.59. The van der Waals surface area contributed by atoms with E-state index in [1.165, 1.54) is 12.1 Å². The second-order valence-electron chi connectivity index (χ2n) is 7.08. The van der Waals surface area contributed by atoms with E-state index in [0.29, 0.717) is 11.1 Å². The predicted molar refractivity (Wildman–Crippen MR) is 116 cm³/mol. The summed E-state index contributed by atoms with van der Waals surface area (Å²) >= 11 is 0.